The molecule has 1 aliphatic rings. The van der Waals surface area contributed by atoms with Crippen LogP contribution in [0.5, 0.6) is 0 Å². The normalized spacial score (nSPS) is 13.6. The van der Waals surface area contributed by atoms with E-state index in [9.17, 15) is 9.59 Å². The van der Waals surface area contributed by atoms with Gasteiger partial charge in [-0.15, -0.1) is 11.3 Å². The van der Waals surface area contributed by atoms with Gasteiger partial charge in [0.2, 0.25) is 5.95 Å². The van der Waals surface area contributed by atoms with Crippen molar-refractivity contribution >= 4 is 23.1 Å². The number of carbonyl (C=O) groups is 1. The smallest absolute Gasteiger partial charge is 0.279 e. The molecule has 4 heterocycles. The van der Waals surface area contributed by atoms with E-state index in [1.54, 1.807) is 19.1 Å². The van der Waals surface area contributed by atoms with E-state index < -0.39 is 5.91 Å². The molecule has 0 atom stereocenters. The minimum absolute atomic E-state index is 0.197. The third-order valence-corrected chi connectivity index (χ3v) is 5.42. The van der Waals surface area contributed by atoms with Crippen LogP contribution in [-0.2, 0) is 0 Å². The molecular formula is C19H16N6O3S. The quantitative estimate of drug-likeness (QED) is 0.524. The summed E-state index contributed by atoms with van der Waals surface area (Å²) >= 11 is 1.52. The molecule has 0 bridgehead atoms. The van der Waals surface area contributed by atoms with Gasteiger partial charge in [-0.2, -0.15) is 9.78 Å². The first kappa shape index (κ1) is 17.6. The van der Waals surface area contributed by atoms with Gasteiger partial charge >= 0.3 is 0 Å². The Balaban J connectivity index is 1.53. The topological polar surface area (TPSA) is 119 Å². The van der Waals surface area contributed by atoms with Crippen LogP contribution >= 0.6 is 11.3 Å². The van der Waals surface area contributed by atoms with Crippen LogP contribution in [0.25, 0.3) is 16.5 Å². The van der Waals surface area contributed by atoms with Gasteiger partial charge < -0.3 is 9.84 Å². The molecule has 5 rings (SSSR count). The van der Waals surface area contributed by atoms with Crippen molar-refractivity contribution in [3.63, 3.8) is 0 Å². The highest BCUT2D eigenvalue weighted by molar-refractivity contribution is 7.13. The fourth-order valence-corrected chi connectivity index (χ4v) is 3.66. The molecule has 0 saturated heterocycles. The van der Waals surface area contributed by atoms with Crippen molar-refractivity contribution in [3.8, 4) is 16.5 Å². The van der Waals surface area contributed by atoms with E-state index in [0.29, 0.717) is 23.1 Å². The molecule has 1 saturated carbocycles. The lowest BCUT2D eigenvalue weighted by molar-refractivity contribution is 0.101. The van der Waals surface area contributed by atoms with Crippen LogP contribution in [-0.4, -0.2) is 30.8 Å². The van der Waals surface area contributed by atoms with E-state index in [-0.39, 0.29) is 17.2 Å². The summed E-state index contributed by atoms with van der Waals surface area (Å²) in [6.45, 7) is 1.72. The molecule has 10 heteroatoms. The van der Waals surface area contributed by atoms with Crippen molar-refractivity contribution in [2.45, 2.75) is 25.7 Å². The average molecular weight is 408 g/mol. The first-order valence-corrected chi connectivity index (χ1v) is 9.95. The van der Waals surface area contributed by atoms with Gasteiger partial charge in [-0.25, -0.2) is 4.98 Å². The predicted octanol–water partition coefficient (Wildman–Crippen LogP) is 3.11. The average Bonchev–Trinajstić information content (AvgIpc) is 3.12. The van der Waals surface area contributed by atoms with Gasteiger partial charge in [-0.05, 0) is 31.2 Å². The number of nitrogens with one attached hydrogen (secondary N) is 2. The third-order valence-electron chi connectivity index (χ3n) is 4.52. The second-order valence-corrected chi connectivity index (χ2v) is 7.80. The lowest BCUT2D eigenvalue weighted by atomic mass is 10.3. The second-order valence-electron chi connectivity index (χ2n) is 6.86. The Labute approximate surface area is 168 Å². The number of thiophene rings is 1. The van der Waals surface area contributed by atoms with Gasteiger partial charge in [0.25, 0.3) is 11.5 Å². The van der Waals surface area contributed by atoms with Crippen LogP contribution < -0.4 is 10.9 Å². The van der Waals surface area contributed by atoms with Gasteiger partial charge in [-0.1, -0.05) is 11.2 Å². The summed E-state index contributed by atoms with van der Waals surface area (Å²) in [7, 11) is 0. The number of hydrogen-bond acceptors (Lipinski definition) is 7. The highest BCUT2D eigenvalue weighted by Crippen LogP contribution is 2.40. The van der Waals surface area contributed by atoms with Gasteiger partial charge in [0, 0.05) is 29.8 Å². The third kappa shape index (κ3) is 3.49. The zero-order valence-corrected chi connectivity index (χ0v) is 16.2. The standard InChI is InChI=1S/C19H16N6O3S/c1-10-7-17(26)22-19(20-10)25-16(9-12(23-25)15-3-2-6-29-15)21-18(27)13-8-14(28-24-13)11-4-5-11/h2-3,6-9,11H,4-5H2,1H3,(H,21,27)(H,20,22,26). The van der Waals surface area contributed by atoms with Crippen molar-refractivity contribution in [1.82, 2.24) is 24.9 Å². The van der Waals surface area contributed by atoms with Crippen LogP contribution in [0.4, 0.5) is 5.82 Å². The maximum atomic E-state index is 12.7. The van der Waals surface area contributed by atoms with Gasteiger partial charge in [0.15, 0.2) is 5.69 Å². The molecule has 2 N–H and O–H groups in total. The van der Waals surface area contributed by atoms with Crippen LogP contribution in [0.1, 0.15) is 40.7 Å². The Kier molecular flexibility index (Phi) is 4.13. The summed E-state index contributed by atoms with van der Waals surface area (Å²) in [5, 5.41) is 13.1. The summed E-state index contributed by atoms with van der Waals surface area (Å²) in [6, 6.07) is 8.63. The molecular weight excluding hydrogens is 392 g/mol. The molecule has 1 fully saturated rings. The van der Waals surface area contributed by atoms with Crippen LogP contribution in [0.2, 0.25) is 0 Å². The first-order chi connectivity index (χ1) is 14.1. The number of amides is 1. The summed E-state index contributed by atoms with van der Waals surface area (Å²) < 4.78 is 6.67. The molecule has 0 aliphatic heterocycles. The van der Waals surface area contributed by atoms with Crippen molar-refractivity contribution in [2.75, 3.05) is 5.32 Å². The van der Waals surface area contributed by atoms with E-state index in [0.717, 1.165) is 23.5 Å². The summed E-state index contributed by atoms with van der Waals surface area (Å²) in [5.41, 5.74) is 1.09. The number of anilines is 1. The molecule has 4 aromatic heterocycles. The minimum Gasteiger partial charge on any atom is -0.360 e. The number of nitrogens with zero attached hydrogens (tertiary/aromatic N) is 4. The molecule has 1 aliphatic carbocycles. The molecule has 4 aromatic rings. The van der Waals surface area contributed by atoms with E-state index in [1.807, 2.05) is 17.5 Å². The van der Waals surface area contributed by atoms with E-state index in [4.69, 9.17) is 4.52 Å². The number of hydrogen-bond donors (Lipinski definition) is 2. The molecule has 9 nitrogen and oxygen atoms in total. The van der Waals surface area contributed by atoms with Crippen molar-refractivity contribution in [1.29, 1.82) is 0 Å². The van der Waals surface area contributed by atoms with Gasteiger partial charge in [0.1, 0.15) is 17.3 Å². The highest BCUT2D eigenvalue weighted by atomic mass is 32.1. The maximum absolute atomic E-state index is 12.7. The zero-order valence-electron chi connectivity index (χ0n) is 15.4. The number of aromatic nitrogens is 5. The van der Waals surface area contributed by atoms with Gasteiger partial charge in [-0.3, -0.25) is 14.6 Å². The van der Waals surface area contributed by atoms with E-state index in [1.165, 1.54) is 22.1 Å². The highest BCUT2D eigenvalue weighted by Gasteiger charge is 2.29. The molecule has 0 aromatic carbocycles. The lowest BCUT2D eigenvalue weighted by Crippen LogP contribution is -2.19. The summed E-state index contributed by atoms with van der Waals surface area (Å²) in [5.74, 6) is 1.25. The number of rotatable bonds is 5. The zero-order chi connectivity index (χ0) is 20.0. The second kappa shape index (κ2) is 6.82. The lowest BCUT2D eigenvalue weighted by Gasteiger charge is -2.07. The SMILES string of the molecule is Cc1cc(=O)[nH]c(-n2nc(-c3cccs3)cc2NC(=O)c2cc(C3CC3)on2)n1. The fourth-order valence-electron chi connectivity index (χ4n) is 2.98. The number of H-pyrrole nitrogens is 1. The fraction of sp³-hybridized carbons (Fsp3) is 0.211. The van der Waals surface area contributed by atoms with E-state index in [2.05, 4.69) is 25.5 Å². The Bertz CT molecular complexity index is 1250. The molecule has 0 unspecified atom stereocenters. The number of aryl methyl sites for hydroxylation is 1. The summed E-state index contributed by atoms with van der Waals surface area (Å²) in [4.78, 5) is 32.5. The monoisotopic (exact) mass is 408 g/mol. The molecule has 0 radical (unpaired) electrons. The largest absolute Gasteiger partial charge is 0.360 e. The Morgan fingerprint density at radius 3 is 2.93 bits per heavy atom. The minimum atomic E-state index is -0.422. The van der Waals surface area contributed by atoms with Crippen LogP contribution in [0, 0.1) is 6.92 Å². The molecule has 146 valence electrons. The van der Waals surface area contributed by atoms with Crippen molar-refractivity contribution < 1.29 is 9.32 Å². The first-order valence-electron chi connectivity index (χ1n) is 9.07. The van der Waals surface area contributed by atoms with Crippen LogP contribution in [0.3, 0.4) is 0 Å². The van der Waals surface area contributed by atoms with Crippen molar-refractivity contribution in [2.24, 2.45) is 0 Å². The van der Waals surface area contributed by atoms with Gasteiger partial charge in [0.05, 0.1) is 4.88 Å². The van der Waals surface area contributed by atoms with Crippen molar-refractivity contribution in [3.05, 3.63) is 63.2 Å². The number of carbonyl (C=O) groups excluding carboxylic acids is 1. The maximum Gasteiger partial charge on any atom is 0.279 e. The predicted molar refractivity (Wildman–Crippen MR) is 106 cm³/mol. The number of aromatic amines is 1. The van der Waals surface area contributed by atoms with E-state index >= 15 is 0 Å². The Hall–Kier alpha value is -3.53. The summed E-state index contributed by atoms with van der Waals surface area (Å²) in [6.07, 6.45) is 2.11. The molecule has 1 amide bonds. The molecule has 29 heavy (non-hydrogen) atoms. The van der Waals surface area contributed by atoms with Crippen LogP contribution in [0.15, 0.2) is 45.0 Å². The Morgan fingerprint density at radius 2 is 2.21 bits per heavy atom. The molecule has 0 spiro atoms. The Morgan fingerprint density at radius 1 is 1.34 bits per heavy atom.